The van der Waals surface area contributed by atoms with Gasteiger partial charge >= 0.3 is 13.8 Å². The molecule has 2 rings (SSSR count). The fourth-order valence-electron chi connectivity index (χ4n) is 2.00. The minimum atomic E-state index is -3.94. The van der Waals surface area contributed by atoms with Crippen molar-refractivity contribution in [2.75, 3.05) is 13.1 Å². The van der Waals surface area contributed by atoms with Gasteiger partial charge in [0.15, 0.2) is 0 Å². The second-order valence-electron chi connectivity index (χ2n) is 4.90. The van der Waals surface area contributed by atoms with Crippen molar-refractivity contribution >= 4 is 13.8 Å². The quantitative estimate of drug-likeness (QED) is 0.758. The number of nitrogens with zero attached hydrogens (tertiary/aromatic N) is 1. The third-order valence-electron chi connectivity index (χ3n) is 3.22. The van der Waals surface area contributed by atoms with E-state index in [1.165, 1.54) is 4.90 Å². The molecule has 0 heterocycles. The fraction of sp³-hybridized carbons (Fsp3) is 0.235. The molecule has 0 aromatic heterocycles. The Hall–Kier alpha value is -2.46. The molecule has 0 bridgehead atoms. The molecule has 24 heavy (non-hydrogen) atoms. The van der Waals surface area contributed by atoms with Crippen LogP contribution in [0.4, 0.5) is 4.79 Å². The topological polar surface area (TPSA) is 67.9 Å². The van der Waals surface area contributed by atoms with Crippen LogP contribution in [0.2, 0.25) is 0 Å². The van der Waals surface area contributed by atoms with E-state index in [-0.39, 0.29) is 0 Å². The molecule has 0 unspecified atom stereocenters. The highest BCUT2D eigenvalue weighted by Crippen LogP contribution is 2.44. The van der Waals surface area contributed by atoms with Crippen LogP contribution in [0, 0.1) is 0 Å². The summed E-state index contributed by atoms with van der Waals surface area (Å²) < 4.78 is 24.1. The van der Waals surface area contributed by atoms with E-state index in [9.17, 15) is 9.36 Å². The third-order valence-corrected chi connectivity index (χ3v) is 4.59. The van der Waals surface area contributed by atoms with E-state index >= 15 is 0 Å². The number of rotatable bonds is 7. The van der Waals surface area contributed by atoms with E-state index in [1.807, 2.05) is 26.0 Å². The molecule has 1 N–H and O–H groups in total. The smallest absolute Gasteiger partial charge is 0.400 e. The molecule has 7 heteroatoms. The summed E-state index contributed by atoms with van der Waals surface area (Å²) in [5.41, 5.74) is 0. The second kappa shape index (κ2) is 8.41. The second-order valence-corrected chi connectivity index (χ2v) is 6.48. The molecule has 2 aromatic rings. The fourth-order valence-corrected chi connectivity index (χ4v) is 3.31. The van der Waals surface area contributed by atoms with Crippen LogP contribution in [0.1, 0.15) is 13.8 Å². The normalized spacial score (nSPS) is 10.8. The highest BCUT2D eigenvalue weighted by Gasteiger charge is 2.32. The summed E-state index contributed by atoms with van der Waals surface area (Å²) in [6, 6.07) is 16.7. The largest absolute Gasteiger partial charge is 0.545 e. The molecule has 0 saturated heterocycles. The average Bonchev–Trinajstić information content (AvgIpc) is 2.57. The number of carbonyl (C=O) groups is 1. The van der Waals surface area contributed by atoms with Crippen LogP contribution in [0.15, 0.2) is 60.7 Å². The monoisotopic (exact) mass is 348 g/mol. The zero-order valence-electron chi connectivity index (χ0n) is 13.7. The Morgan fingerprint density at radius 1 is 0.917 bits per heavy atom. The van der Waals surface area contributed by atoms with Gasteiger partial charge in [0.05, 0.1) is 0 Å². The third kappa shape index (κ3) is 5.03. The van der Waals surface area contributed by atoms with Gasteiger partial charge in [0.2, 0.25) is 0 Å². The minimum absolute atomic E-state index is 0.344. The summed E-state index contributed by atoms with van der Waals surface area (Å²) in [5, 5.41) is 2.39. The average molecular weight is 348 g/mol. The van der Waals surface area contributed by atoms with Crippen molar-refractivity contribution in [2.45, 2.75) is 13.8 Å². The van der Waals surface area contributed by atoms with Crippen molar-refractivity contribution < 1.29 is 18.4 Å². The zero-order valence-corrected chi connectivity index (χ0v) is 14.6. The van der Waals surface area contributed by atoms with E-state index in [1.54, 1.807) is 48.5 Å². The first-order valence-electron chi connectivity index (χ1n) is 7.73. The Morgan fingerprint density at radius 3 is 1.71 bits per heavy atom. The molecule has 0 radical (unpaired) electrons. The maximum Gasteiger partial charge on any atom is 0.545 e. The van der Waals surface area contributed by atoms with Crippen LogP contribution in [-0.4, -0.2) is 24.0 Å². The van der Waals surface area contributed by atoms with Crippen molar-refractivity contribution in [1.29, 1.82) is 0 Å². The molecule has 0 aliphatic rings. The van der Waals surface area contributed by atoms with E-state index in [2.05, 4.69) is 5.09 Å². The highest BCUT2D eigenvalue weighted by atomic mass is 31.2. The molecule has 128 valence electrons. The summed E-state index contributed by atoms with van der Waals surface area (Å²) in [6.45, 7) is 4.65. The lowest BCUT2D eigenvalue weighted by molar-refractivity contribution is 0.206. The summed E-state index contributed by atoms with van der Waals surface area (Å²) >= 11 is 0. The first-order valence-corrected chi connectivity index (χ1v) is 9.27. The van der Waals surface area contributed by atoms with E-state index in [0.29, 0.717) is 24.6 Å². The van der Waals surface area contributed by atoms with Crippen LogP contribution in [0.5, 0.6) is 11.5 Å². The Morgan fingerprint density at radius 2 is 1.33 bits per heavy atom. The Balaban J connectivity index is 2.23. The number of benzene rings is 2. The number of para-hydroxylation sites is 2. The van der Waals surface area contributed by atoms with Crippen LogP contribution in [-0.2, 0) is 4.57 Å². The van der Waals surface area contributed by atoms with Crippen molar-refractivity contribution in [1.82, 2.24) is 9.99 Å². The molecule has 0 atom stereocenters. The predicted molar refractivity (Wildman–Crippen MR) is 93.2 cm³/mol. The summed E-state index contributed by atoms with van der Waals surface area (Å²) in [4.78, 5) is 13.8. The maximum absolute atomic E-state index is 13.1. The van der Waals surface area contributed by atoms with Gasteiger partial charge in [-0.15, -0.1) is 0 Å². The number of nitrogens with one attached hydrogen (secondary N) is 1. The number of amides is 2. The van der Waals surface area contributed by atoms with E-state index < -0.39 is 13.8 Å². The van der Waals surface area contributed by atoms with Gasteiger partial charge in [0, 0.05) is 13.1 Å². The van der Waals surface area contributed by atoms with E-state index in [4.69, 9.17) is 9.05 Å². The van der Waals surface area contributed by atoms with Gasteiger partial charge < -0.3 is 13.9 Å². The standard InChI is InChI=1S/C17H21N2O4P/c1-3-19(4-2)17(20)18-24(21,22-15-11-7-5-8-12-15)23-16-13-9-6-10-14-16/h5-14H,3-4H2,1-2H3,(H,18,20,21). The molecule has 6 nitrogen and oxygen atoms in total. The van der Waals surface area contributed by atoms with Gasteiger partial charge in [-0.25, -0.2) is 14.4 Å². The summed E-state index contributed by atoms with van der Waals surface area (Å²) in [7, 11) is -3.94. The Labute approximate surface area is 142 Å². The SMILES string of the molecule is CCN(CC)C(=O)NP(=O)(Oc1ccccc1)Oc1ccccc1. The summed E-state index contributed by atoms with van der Waals surface area (Å²) in [5.74, 6) is 0.688. The van der Waals surface area contributed by atoms with Crippen molar-refractivity contribution in [2.24, 2.45) is 0 Å². The van der Waals surface area contributed by atoms with Gasteiger partial charge in [-0.3, -0.25) is 0 Å². The molecule has 2 aromatic carbocycles. The lowest BCUT2D eigenvalue weighted by atomic mass is 10.3. The van der Waals surface area contributed by atoms with Gasteiger partial charge in [-0.2, -0.15) is 0 Å². The molecule has 0 fully saturated rings. The lowest BCUT2D eigenvalue weighted by Crippen LogP contribution is -2.39. The molecular formula is C17H21N2O4P. The Kier molecular flexibility index (Phi) is 6.27. The van der Waals surface area contributed by atoms with Crippen LogP contribution >= 0.6 is 7.75 Å². The molecule has 2 amide bonds. The van der Waals surface area contributed by atoms with E-state index in [0.717, 1.165) is 0 Å². The molecule has 0 saturated carbocycles. The van der Waals surface area contributed by atoms with Gasteiger partial charge in [-0.05, 0) is 38.1 Å². The molecule has 0 spiro atoms. The van der Waals surface area contributed by atoms with Gasteiger partial charge in [0.25, 0.3) is 0 Å². The van der Waals surface area contributed by atoms with Crippen LogP contribution in [0.3, 0.4) is 0 Å². The molecular weight excluding hydrogens is 327 g/mol. The first kappa shape index (κ1) is 17.9. The predicted octanol–water partition coefficient (Wildman–Crippen LogP) is 4.30. The maximum atomic E-state index is 13.1. The van der Waals surface area contributed by atoms with Crippen molar-refractivity contribution in [3.63, 3.8) is 0 Å². The summed E-state index contributed by atoms with van der Waals surface area (Å²) in [6.07, 6.45) is 0. The Bertz CT molecular complexity index is 645. The number of hydrogen-bond donors (Lipinski definition) is 1. The van der Waals surface area contributed by atoms with Gasteiger partial charge in [0.1, 0.15) is 11.5 Å². The van der Waals surface area contributed by atoms with Crippen LogP contribution in [0.25, 0.3) is 0 Å². The van der Waals surface area contributed by atoms with Crippen molar-refractivity contribution in [3.05, 3.63) is 60.7 Å². The number of hydrogen-bond acceptors (Lipinski definition) is 4. The van der Waals surface area contributed by atoms with Crippen molar-refractivity contribution in [3.8, 4) is 11.5 Å². The number of urea groups is 1. The number of carbonyl (C=O) groups excluding carboxylic acids is 1. The lowest BCUT2D eigenvalue weighted by Gasteiger charge is -2.24. The minimum Gasteiger partial charge on any atom is -0.400 e. The molecule has 0 aliphatic heterocycles. The van der Waals surface area contributed by atoms with Crippen LogP contribution < -0.4 is 14.1 Å². The van der Waals surface area contributed by atoms with Gasteiger partial charge in [-0.1, -0.05) is 36.4 Å². The molecule has 0 aliphatic carbocycles. The first-order chi connectivity index (χ1) is 11.6. The zero-order chi connectivity index (χ0) is 17.4. The highest BCUT2D eigenvalue weighted by molar-refractivity contribution is 7.53.